The Kier molecular flexibility index (Phi) is 5.65. The molecule has 0 saturated heterocycles. The van der Waals surface area contributed by atoms with Gasteiger partial charge in [0.1, 0.15) is 0 Å². The van der Waals surface area contributed by atoms with E-state index >= 15 is 0 Å². The highest BCUT2D eigenvalue weighted by atomic mass is 32.1. The molecule has 1 aromatic carbocycles. The van der Waals surface area contributed by atoms with Gasteiger partial charge < -0.3 is 16.4 Å². The van der Waals surface area contributed by atoms with Crippen molar-refractivity contribution in [3.05, 3.63) is 45.4 Å². The number of fused-ring (bicyclic) bond motifs is 1. The van der Waals surface area contributed by atoms with Crippen molar-refractivity contribution < 1.29 is 9.59 Å². The van der Waals surface area contributed by atoms with E-state index in [9.17, 15) is 9.59 Å². The second kappa shape index (κ2) is 8.11. The lowest BCUT2D eigenvalue weighted by Gasteiger charge is -2.07. The number of hydrogen-bond acceptors (Lipinski definition) is 4. The number of aryl methyl sites for hydroxylation is 3. The molecule has 4 N–H and O–H groups in total. The number of carbonyl (C=O) groups excluding carboxylic acids is 2. The fraction of sp³-hybridized carbons (Fsp3) is 0.389. The fourth-order valence-electron chi connectivity index (χ4n) is 2.94. The van der Waals surface area contributed by atoms with Gasteiger partial charge in [-0.3, -0.25) is 4.79 Å². The summed E-state index contributed by atoms with van der Waals surface area (Å²) in [5.41, 5.74) is 7.38. The molecular formula is C18H22N4O2S. The first-order chi connectivity index (χ1) is 12.1. The zero-order valence-electron chi connectivity index (χ0n) is 14.0. The van der Waals surface area contributed by atoms with Crippen molar-refractivity contribution in [3.8, 4) is 0 Å². The Hall–Kier alpha value is -2.41. The number of rotatable bonds is 6. The van der Waals surface area contributed by atoms with Crippen LogP contribution in [-0.2, 0) is 19.3 Å². The van der Waals surface area contributed by atoms with Crippen molar-refractivity contribution in [2.45, 2.75) is 38.5 Å². The van der Waals surface area contributed by atoms with Gasteiger partial charge in [-0.05, 0) is 50.3 Å². The molecule has 0 atom stereocenters. The summed E-state index contributed by atoms with van der Waals surface area (Å²) in [6, 6.07) is 6.06. The third kappa shape index (κ3) is 4.79. The molecule has 1 aliphatic rings. The number of primary amides is 1. The van der Waals surface area contributed by atoms with Crippen LogP contribution in [0.5, 0.6) is 0 Å². The molecule has 7 heteroatoms. The summed E-state index contributed by atoms with van der Waals surface area (Å²) >= 11 is 1.82. The van der Waals surface area contributed by atoms with Crippen molar-refractivity contribution in [2.75, 3.05) is 11.9 Å². The third-order valence-electron chi connectivity index (χ3n) is 4.14. The first-order valence-electron chi connectivity index (χ1n) is 8.54. The van der Waals surface area contributed by atoms with Gasteiger partial charge in [0.25, 0.3) is 5.91 Å². The SMILES string of the molecule is NC(=O)Nc1cccc(C(=O)NCCCc2nc3c(s2)CCCC3)c1. The van der Waals surface area contributed by atoms with E-state index in [2.05, 4.69) is 10.6 Å². The lowest BCUT2D eigenvalue weighted by Crippen LogP contribution is -2.25. The number of hydrogen-bond donors (Lipinski definition) is 3. The minimum Gasteiger partial charge on any atom is -0.352 e. The summed E-state index contributed by atoms with van der Waals surface area (Å²) in [7, 11) is 0. The topological polar surface area (TPSA) is 97.1 Å². The highest BCUT2D eigenvalue weighted by Gasteiger charge is 2.14. The summed E-state index contributed by atoms with van der Waals surface area (Å²) in [5.74, 6) is -0.161. The molecule has 0 saturated carbocycles. The Morgan fingerprint density at radius 1 is 1.24 bits per heavy atom. The van der Waals surface area contributed by atoms with Crippen molar-refractivity contribution in [1.82, 2.24) is 10.3 Å². The molecule has 0 fully saturated rings. The fourth-order valence-corrected chi connectivity index (χ4v) is 4.14. The van der Waals surface area contributed by atoms with Gasteiger partial charge in [-0.15, -0.1) is 11.3 Å². The molecule has 0 aliphatic heterocycles. The van der Waals surface area contributed by atoms with E-state index in [4.69, 9.17) is 10.7 Å². The lowest BCUT2D eigenvalue weighted by molar-refractivity contribution is 0.0953. The number of thiazole rings is 1. The van der Waals surface area contributed by atoms with Crippen LogP contribution in [0.15, 0.2) is 24.3 Å². The number of nitrogens with one attached hydrogen (secondary N) is 2. The molecule has 0 spiro atoms. The van der Waals surface area contributed by atoms with Crippen LogP contribution in [0.4, 0.5) is 10.5 Å². The second-order valence-corrected chi connectivity index (χ2v) is 7.28. The Labute approximate surface area is 150 Å². The molecule has 0 bridgehead atoms. The smallest absolute Gasteiger partial charge is 0.316 e. The molecule has 3 amide bonds. The summed E-state index contributed by atoms with van der Waals surface area (Å²) in [6.45, 7) is 0.594. The van der Waals surface area contributed by atoms with Crippen LogP contribution in [0.25, 0.3) is 0 Å². The van der Waals surface area contributed by atoms with Crippen molar-refractivity contribution >= 4 is 29.0 Å². The van der Waals surface area contributed by atoms with E-state index in [0.29, 0.717) is 17.8 Å². The van der Waals surface area contributed by atoms with Gasteiger partial charge in [-0.1, -0.05) is 6.07 Å². The molecule has 3 rings (SSSR count). The van der Waals surface area contributed by atoms with Gasteiger partial charge in [0.15, 0.2) is 0 Å². The highest BCUT2D eigenvalue weighted by Crippen LogP contribution is 2.27. The van der Waals surface area contributed by atoms with E-state index in [0.717, 1.165) is 19.3 Å². The first-order valence-corrected chi connectivity index (χ1v) is 9.35. The molecule has 0 unspecified atom stereocenters. The molecule has 1 aromatic heterocycles. The summed E-state index contributed by atoms with van der Waals surface area (Å²) in [4.78, 5) is 29.2. The minimum absolute atomic E-state index is 0.161. The van der Waals surface area contributed by atoms with E-state index in [1.165, 1.54) is 34.8 Å². The number of nitrogens with zero attached hydrogens (tertiary/aromatic N) is 1. The largest absolute Gasteiger partial charge is 0.352 e. The van der Waals surface area contributed by atoms with E-state index in [1.807, 2.05) is 11.3 Å². The Morgan fingerprint density at radius 3 is 2.88 bits per heavy atom. The maximum atomic E-state index is 12.2. The number of nitrogens with two attached hydrogens (primary N) is 1. The zero-order chi connectivity index (χ0) is 17.6. The van der Waals surface area contributed by atoms with Crippen LogP contribution in [0.2, 0.25) is 0 Å². The molecule has 6 nitrogen and oxygen atoms in total. The maximum absolute atomic E-state index is 12.2. The van der Waals surface area contributed by atoms with Crippen molar-refractivity contribution in [2.24, 2.45) is 5.73 Å². The monoisotopic (exact) mass is 358 g/mol. The van der Waals surface area contributed by atoms with Crippen LogP contribution in [-0.4, -0.2) is 23.5 Å². The van der Waals surface area contributed by atoms with Gasteiger partial charge in [0.05, 0.1) is 10.7 Å². The number of carbonyl (C=O) groups is 2. The van der Waals surface area contributed by atoms with Crippen molar-refractivity contribution in [3.63, 3.8) is 0 Å². The van der Waals surface area contributed by atoms with Gasteiger partial charge in [-0.25, -0.2) is 9.78 Å². The van der Waals surface area contributed by atoms with Crippen LogP contribution < -0.4 is 16.4 Å². The molecular weight excluding hydrogens is 336 g/mol. The van der Waals surface area contributed by atoms with Gasteiger partial charge in [-0.2, -0.15) is 0 Å². The average molecular weight is 358 g/mol. The van der Waals surface area contributed by atoms with Gasteiger partial charge in [0, 0.05) is 29.1 Å². The normalized spacial score (nSPS) is 13.1. The molecule has 132 valence electrons. The zero-order valence-corrected chi connectivity index (χ0v) is 14.8. The van der Waals surface area contributed by atoms with Crippen molar-refractivity contribution in [1.29, 1.82) is 0 Å². The predicted octanol–water partition coefficient (Wildman–Crippen LogP) is 2.88. The standard InChI is InChI=1S/C18H22N4O2S/c19-18(24)21-13-6-3-5-12(11-13)17(23)20-10-4-9-16-22-14-7-1-2-8-15(14)25-16/h3,5-6,11H,1-2,4,7-10H2,(H,20,23)(H3,19,21,24). The maximum Gasteiger partial charge on any atom is 0.316 e. The summed E-state index contributed by atoms with van der Waals surface area (Å²) in [6.07, 6.45) is 6.54. The van der Waals surface area contributed by atoms with E-state index in [1.54, 1.807) is 24.3 Å². The molecule has 1 aliphatic carbocycles. The summed E-state index contributed by atoms with van der Waals surface area (Å²) < 4.78 is 0. The van der Waals surface area contributed by atoms with Crippen LogP contribution in [0.1, 0.15) is 45.2 Å². The highest BCUT2D eigenvalue weighted by molar-refractivity contribution is 7.11. The lowest BCUT2D eigenvalue weighted by atomic mass is 10.0. The Bertz CT molecular complexity index is 749. The Balaban J connectivity index is 1.46. The van der Waals surface area contributed by atoms with Gasteiger partial charge in [0.2, 0.25) is 0 Å². The average Bonchev–Trinajstić information content (AvgIpc) is 3.01. The summed E-state index contributed by atoms with van der Waals surface area (Å²) in [5, 5.41) is 6.54. The third-order valence-corrected chi connectivity index (χ3v) is 5.35. The van der Waals surface area contributed by atoms with Crippen LogP contribution in [0.3, 0.4) is 0 Å². The Morgan fingerprint density at radius 2 is 2.08 bits per heavy atom. The van der Waals surface area contributed by atoms with Crippen LogP contribution >= 0.6 is 11.3 Å². The first kappa shape index (κ1) is 17.4. The molecule has 25 heavy (non-hydrogen) atoms. The number of aromatic nitrogens is 1. The quantitative estimate of drug-likeness (QED) is 0.693. The number of urea groups is 1. The molecule has 2 aromatic rings. The van der Waals surface area contributed by atoms with Gasteiger partial charge >= 0.3 is 6.03 Å². The number of benzene rings is 1. The molecule has 1 heterocycles. The van der Waals surface area contributed by atoms with Crippen LogP contribution in [0, 0.1) is 0 Å². The number of amides is 3. The predicted molar refractivity (Wildman–Crippen MR) is 99.1 cm³/mol. The van der Waals surface area contributed by atoms with E-state index in [-0.39, 0.29) is 5.91 Å². The minimum atomic E-state index is -0.649. The van der Waals surface area contributed by atoms with E-state index < -0.39 is 6.03 Å². The number of anilines is 1. The molecule has 0 radical (unpaired) electrons. The second-order valence-electron chi connectivity index (χ2n) is 6.11.